The van der Waals surface area contributed by atoms with Crippen molar-refractivity contribution in [2.75, 3.05) is 10.0 Å². The highest BCUT2D eigenvalue weighted by molar-refractivity contribution is 7.92. The highest BCUT2D eigenvalue weighted by Crippen LogP contribution is 2.20. The minimum atomic E-state index is -4.02. The maximum atomic E-state index is 12.9. The molecule has 2 amide bonds. The molecule has 4 aromatic rings. The molecule has 2 heterocycles. The second-order valence-corrected chi connectivity index (χ2v) is 9.42. The number of nitrogens with one attached hydrogen (secondary N) is 3. The summed E-state index contributed by atoms with van der Waals surface area (Å²) in [6.45, 7) is 0.306. The molecule has 0 radical (unpaired) electrons. The molecule has 0 unspecified atom stereocenters. The van der Waals surface area contributed by atoms with Gasteiger partial charge in [0, 0.05) is 44.4 Å². The van der Waals surface area contributed by atoms with Crippen molar-refractivity contribution in [3.63, 3.8) is 0 Å². The number of hydrogen-bond donors (Lipinski definition) is 3. The normalized spacial score (nSPS) is 11.3. The number of anilines is 2. The van der Waals surface area contributed by atoms with Gasteiger partial charge in [0.05, 0.1) is 15.8 Å². The van der Waals surface area contributed by atoms with E-state index in [1.165, 1.54) is 49.0 Å². The Labute approximate surface area is 200 Å². The molecule has 0 bridgehead atoms. The van der Waals surface area contributed by atoms with Crippen LogP contribution in [0.4, 0.5) is 16.2 Å². The van der Waals surface area contributed by atoms with E-state index in [0.29, 0.717) is 17.7 Å². The zero-order valence-electron chi connectivity index (χ0n) is 18.8. The van der Waals surface area contributed by atoms with Crippen molar-refractivity contribution >= 4 is 38.3 Å². The second-order valence-electron chi connectivity index (χ2n) is 7.74. The topological polar surface area (TPSA) is 144 Å². The van der Waals surface area contributed by atoms with Gasteiger partial charge in [-0.3, -0.25) is 23.6 Å². The molecule has 11 nitrogen and oxygen atoms in total. The molecule has 180 valence electrons. The molecule has 0 fully saturated rings. The number of carbonyl (C=O) groups is 1. The minimum Gasteiger partial charge on any atom is -0.334 e. The van der Waals surface area contributed by atoms with Crippen LogP contribution in [-0.2, 0) is 30.7 Å². The highest BCUT2D eigenvalue weighted by Gasteiger charge is 2.17. The number of benzene rings is 2. The maximum absolute atomic E-state index is 12.9. The average Bonchev–Trinajstić information content (AvgIpc) is 2.86. The molecule has 0 aliphatic carbocycles. The van der Waals surface area contributed by atoms with Gasteiger partial charge >= 0.3 is 11.7 Å². The summed E-state index contributed by atoms with van der Waals surface area (Å²) in [4.78, 5) is 40.5. The fraction of sp³-hybridized carbons (Fsp3) is 0.130. The molecule has 2 aromatic carbocycles. The fourth-order valence-electron chi connectivity index (χ4n) is 3.44. The van der Waals surface area contributed by atoms with Crippen molar-refractivity contribution in [1.82, 2.24) is 19.4 Å². The van der Waals surface area contributed by atoms with Crippen LogP contribution in [0.15, 0.2) is 81.5 Å². The van der Waals surface area contributed by atoms with Crippen LogP contribution in [-0.4, -0.2) is 28.6 Å². The first kappa shape index (κ1) is 23.7. The van der Waals surface area contributed by atoms with E-state index in [1.807, 2.05) is 6.07 Å². The number of pyridine rings is 1. The molecule has 0 saturated carbocycles. The number of nitrogens with zero attached hydrogens (tertiary/aromatic N) is 3. The predicted molar refractivity (Wildman–Crippen MR) is 132 cm³/mol. The number of carbonyl (C=O) groups excluding carboxylic acids is 1. The van der Waals surface area contributed by atoms with Crippen molar-refractivity contribution < 1.29 is 13.2 Å². The molecule has 0 aliphatic rings. The standard InChI is InChI=1S/C23H22N6O5S/c1-28-20-10-9-18(12-19(20)21(30)29(2)23(28)32)35(33,34)27-17-7-5-16(6-8-17)26-22(31)25-14-15-4-3-11-24-13-15/h3-13,27H,14H2,1-2H3,(H2,25,26,31). The van der Waals surface area contributed by atoms with Gasteiger partial charge < -0.3 is 10.6 Å². The summed E-state index contributed by atoms with van der Waals surface area (Å²) in [5.74, 6) is 0. The van der Waals surface area contributed by atoms with E-state index in [9.17, 15) is 22.8 Å². The van der Waals surface area contributed by atoms with Crippen molar-refractivity contribution in [1.29, 1.82) is 0 Å². The number of urea groups is 1. The Morgan fingerprint density at radius 1 is 0.971 bits per heavy atom. The Hall–Kier alpha value is -4.45. The summed E-state index contributed by atoms with van der Waals surface area (Å²) in [5, 5.41) is 5.47. The Morgan fingerprint density at radius 3 is 2.37 bits per heavy atom. The predicted octanol–water partition coefficient (Wildman–Crippen LogP) is 1.75. The summed E-state index contributed by atoms with van der Waals surface area (Å²) in [6.07, 6.45) is 3.29. The summed E-state index contributed by atoms with van der Waals surface area (Å²) in [6, 6.07) is 13.3. The van der Waals surface area contributed by atoms with E-state index < -0.39 is 27.3 Å². The van der Waals surface area contributed by atoms with Crippen LogP contribution in [0.2, 0.25) is 0 Å². The molecule has 0 spiro atoms. The van der Waals surface area contributed by atoms with Gasteiger partial charge in [0.25, 0.3) is 15.6 Å². The van der Waals surface area contributed by atoms with Gasteiger partial charge in [0.2, 0.25) is 0 Å². The molecule has 2 aromatic heterocycles. The zero-order valence-corrected chi connectivity index (χ0v) is 19.7. The third-order valence-corrected chi connectivity index (χ3v) is 6.70. The maximum Gasteiger partial charge on any atom is 0.330 e. The number of amides is 2. The Bertz CT molecular complexity index is 1630. The van der Waals surface area contributed by atoms with Crippen LogP contribution < -0.4 is 26.6 Å². The van der Waals surface area contributed by atoms with Gasteiger partial charge in [-0.05, 0) is 54.1 Å². The van der Waals surface area contributed by atoms with E-state index >= 15 is 0 Å². The summed E-state index contributed by atoms with van der Waals surface area (Å²) < 4.78 is 30.4. The molecule has 4 rings (SSSR count). The average molecular weight is 495 g/mol. The smallest absolute Gasteiger partial charge is 0.330 e. The third kappa shape index (κ3) is 5.06. The van der Waals surface area contributed by atoms with Gasteiger partial charge in [0.1, 0.15) is 0 Å². The Morgan fingerprint density at radius 2 is 1.69 bits per heavy atom. The largest absolute Gasteiger partial charge is 0.334 e. The highest BCUT2D eigenvalue weighted by atomic mass is 32.2. The van der Waals surface area contributed by atoms with E-state index in [0.717, 1.165) is 10.1 Å². The lowest BCUT2D eigenvalue weighted by Crippen LogP contribution is -2.37. The van der Waals surface area contributed by atoms with Crippen molar-refractivity contribution in [2.45, 2.75) is 11.4 Å². The molecule has 12 heteroatoms. The lowest BCUT2D eigenvalue weighted by Gasteiger charge is -2.12. The Balaban J connectivity index is 1.47. The SMILES string of the molecule is Cn1c(=O)c2cc(S(=O)(=O)Nc3ccc(NC(=O)NCc4cccnc4)cc3)ccc2n(C)c1=O. The number of hydrogen-bond acceptors (Lipinski definition) is 6. The van der Waals surface area contributed by atoms with Crippen molar-refractivity contribution in [3.05, 3.63) is 93.4 Å². The van der Waals surface area contributed by atoms with E-state index in [4.69, 9.17) is 0 Å². The van der Waals surface area contributed by atoms with Crippen LogP contribution in [0.5, 0.6) is 0 Å². The number of aryl methyl sites for hydroxylation is 1. The van der Waals surface area contributed by atoms with Gasteiger partial charge in [-0.15, -0.1) is 0 Å². The quantitative estimate of drug-likeness (QED) is 0.373. The second kappa shape index (κ2) is 9.43. The number of sulfonamides is 1. The van der Waals surface area contributed by atoms with Gasteiger partial charge in [-0.2, -0.15) is 0 Å². The van der Waals surface area contributed by atoms with Crippen LogP contribution in [0.3, 0.4) is 0 Å². The molecular weight excluding hydrogens is 472 g/mol. The lowest BCUT2D eigenvalue weighted by atomic mass is 10.2. The third-order valence-electron chi connectivity index (χ3n) is 5.32. The molecule has 0 atom stereocenters. The van der Waals surface area contributed by atoms with E-state index in [2.05, 4.69) is 20.3 Å². The van der Waals surface area contributed by atoms with Crippen LogP contribution in [0.25, 0.3) is 10.9 Å². The lowest BCUT2D eigenvalue weighted by molar-refractivity contribution is 0.251. The van der Waals surface area contributed by atoms with Crippen molar-refractivity contribution in [3.8, 4) is 0 Å². The van der Waals surface area contributed by atoms with Gasteiger partial charge in [-0.1, -0.05) is 6.07 Å². The number of rotatable bonds is 6. The number of aromatic nitrogens is 3. The summed E-state index contributed by atoms with van der Waals surface area (Å²) >= 11 is 0. The first-order chi connectivity index (χ1) is 16.7. The minimum absolute atomic E-state index is 0.106. The van der Waals surface area contributed by atoms with Crippen LogP contribution >= 0.6 is 0 Å². The fourth-order valence-corrected chi connectivity index (χ4v) is 4.52. The molecule has 3 N–H and O–H groups in total. The number of fused-ring (bicyclic) bond motifs is 1. The molecular formula is C23H22N6O5S. The van der Waals surface area contributed by atoms with Gasteiger partial charge in [-0.25, -0.2) is 18.0 Å². The monoisotopic (exact) mass is 494 g/mol. The first-order valence-electron chi connectivity index (χ1n) is 10.4. The zero-order chi connectivity index (χ0) is 25.2. The van der Waals surface area contributed by atoms with E-state index in [1.54, 1.807) is 30.6 Å². The van der Waals surface area contributed by atoms with E-state index in [-0.39, 0.29) is 16.0 Å². The van der Waals surface area contributed by atoms with Crippen molar-refractivity contribution in [2.24, 2.45) is 14.1 Å². The summed E-state index contributed by atoms with van der Waals surface area (Å²) in [7, 11) is -1.19. The molecule has 35 heavy (non-hydrogen) atoms. The Kier molecular flexibility index (Phi) is 6.38. The van der Waals surface area contributed by atoms with Crippen LogP contribution in [0, 0.1) is 0 Å². The first-order valence-corrected chi connectivity index (χ1v) is 11.9. The van der Waals surface area contributed by atoms with Crippen LogP contribution in [0.1, 0.15) is 5.56 Å². The molecule has 0 aliphatic heterocycles. The molecule has 0 saturated heterocycles. The summed E-state index contributed by atoms with van der Waals surface area (Å²) in [5.41, 5.74) is 0.815. The van der Waals surface area contributed by atoms with Gasteiger partial charge in [0.15, 0.2) is 0 Å².